The second-order valence-electron chi connectivity index (χ2n) is 4.77. The number of methoxy groups -OCH3 is 1. The average molecular weight is 282 g/mol. The molecule has 0 spiro atoms. The largest absolute Gasteiger partial charge is 0.506 e. The summed E-state index contributed by atoms with van der Waals surface area (Å²) in [6.07, 6.45) is 1.88. The monoisotopic (exact) mass is 282 g/mol. The molecule has 3 aromatic rings. The zero-order valence-corrected chi connectivity index (χ0v) is 11.5. The first-order chi connectivity index (χ1) is 10.2. The number of H-pyrrole nitrogens is 1. The molecule has 5 nitrogen and oxygen atoms in total. The zero-order valence-electron chi connectivity index (χ0n) is 11.5. The normalized spacial score (nSPS) is 10.7. The number of fused-ring (bicyclic) bond motifs is 1. The van der Waals surface area contributed by atoms with Gasteiger partial charge in [-0.05, 0) is 41.8 Å². The Bertz CT molecular complexity index is 856. The van der Waals surface area contributed by atoms with Crippen LogP contribution in [0.25, 0.3) is 10.9 Å². The van der Waals surface area contributed by atoms with Crippen molar-refractivity contribution in [3.63, 3.8) is 0 Å². The van der Waals surface area contributed by atoms with Crippen LogP contribution in [0, 0.1) is 0 Å². The fraction of sp³-hybridized carbons (Fsp3) is 0.125. The summed E-state index contributed by atoms with van der Waals surface area (Å²) >= 11 is 0. The molecule has 0 aliphatic rings. The molecule has 3 rings (SSSR count). The van der Waals surface area contributed by atoms with Gasteiger partial charge in [-0.2, -0.15) is 0 Å². The Hall–Kier alpha value is -2.82. The number of phenolic OH excluding ortho intramolecular Hbond substituents is 1. The highest BCUT2D eigenvalue weighted by Gasteiger charge is 2.08. The molecule has 0 aliphatic carbocycles. The standard InChI is InChI=1S/C16H14N2O3/c1-21-12-4-2-3-10(6-12)5-11-7-13-15(14(19)8-11)17-9-18-16(13)20/h2-4,6-9,19H,5H2,1H3,(H,17,18,20). The molecular formula is C16H14N2O3. The summed E-state index contributed by atoms with van der Waals surface area (Å²) in [7, 11) is 1.62. The molecule has 1 aromatic heterocycles. The smallest absolute Gasteiger partial charge is 0.258 e. The predicted octanol–water partition coefficient (Wildman–Crippen LogP) is 2.23. The molecule has 106 valence electrons. The first kappa shape index (κ1) is 13.2. The molecule has 0 unspecified atom stereocenters. The summed E-state index contributed by atoms with van der Waals surface area (Å²) in [6, 6.07) is 11.1. The quantitative estimate of drug-likeness (QED) is 0.772. The van der Waals surface area contributed by atoms with E-state index in [1.54, 1.807) is 19.2 Å². The fourth-order valence-corrected chi connectivity index (χ4v) is 2.34. The number of nitrogens with one attached hydrogen (secondary N) is 1. The van der Waals surface area contributed by atoms with E-state index in [-0.39, 0.29) is 11.3 Å². The lowest BCUT2D eigenvalue weighted by atomic mass is 10.0. The molecule has 0 saturated carbocycles. The van der Waals surface area contributed by atoms with Gasteiger partial charge in [0.1, 0.15) is 17.0 Å². The van der Waals surface area contributed by atoms with Crippen LogP contribution < -0.4 is 10.3 Å². The van der Waals surface area contributed by atoms with E-state index in [9.17, 15) is 9.90 Å². The fourth-order valence-electron chi connectivity index (χ4n) is 2.34. The summed E-state index contributed by atoms with van der Waals surface area (Å²) in [5.74, 6) is 0.786. The van der Waals surface area contributed by atoms with Crippen molar-refractivity contribution in [3.8, 4) is 11.5 Å². The summed E-state index contributed by atoms with van der Waals surface area (Å²) in [5.41, 5.74) is 1.93. The van der Waals surface area contributed by atoms with E-state index in [4.69, 9.17) is 4.74 Å². The lowest BCUT2D eigenvalue weighted by Gasteiger charge is -2.07. The third kappa shape index (κ3) is 2.58. The minimum absolute atomic E-state index is 0.0106. The molecular weight excluding hydrogens is 268 g/mol. The highest BCUT2D eigenvalue weighted by atomic mass is 16.5. The number of hydrogen-bond donors (Lipinski definition) is 2. The van der Waals surface area contributed by atoms with Crippen molar-refractivity contribution in [2.45, 2.75) is 6.42 Å². The van der Waals surface area contributed by atoms with Crippen molar-refractivity contribution < 1.29 is 9.84 Å². The second kappa shape index (κ2) is 5.28. The van der Waals surface area contributed by atoms with Gasteiger partial charge in [0, 0.05) is 0 Å². The van der Waals surface area contributed by atoms with E-state index in [1.807, 2.05) is 24.3 Å². The Balaban J connectivity index is 2.04. The SMILES string of the molecule is COc1cccc(Cc2cc(O)c3nc[nH]c(=O)c3c2)c1. The number of aromatic nitrogens is 2. The van der Waals surface area contributed by atoms with Gasteiger partial charge in [-0.1, -0.05) is 12.1 Å². The number of rotatable bonds is 3. The molecule has 0 saturated heterocycles. The van der Waals surface area contributed by atoms with E-state index >= 15 is 0 Å². The first-order valence-corrected chi connectivity index (χ1v) is 6.49. The van der Waals surface area contributed by atoms with Gasteiger partial charge in [-0.25, -0.2) is 4.98 Å². The molecule has 0 atom stereocenters. The van der Waals surface area contributed by atoms with E-state index in [0.29, 0.717) is 17.3 Å². The second-order valence-corrected chi connectivity index (χ2v) is 4.77. The van der Waals surface area contributed by atoms with Gasteiger partial charge >= 0.3 is 0 Å². The molecule has 0 fully saturated rings. The Morgan fingerprint density at radius 3 is 2.90 bits per heavy atom. The van der Waals surface area contributed by atoms with Crippen LogP contribution in [0.2, 0.25) is 0 Å². The Morgan fingerprint density at radius 1 is 1.24 bits per heavy atom. The number of nitrogens with zero attached hydrogens (tertiary/aromatic N) is 1. The van der Waals surface area contributed by atoms with E-state index in [1.165, 1.54) is 6.33 Å². The Labute approximate surface area is 120 Å². The van der Waals surface area contributed by atoms with Crippen molar-refractivity contribution in [3.05, 3.63) is 64.2 Å². The van der Waals surface area contributed by atoms with Crippen LogP contribution in [0.15, 0.2) is 47.5 Å². The van der Waals surface area contributed by atoms with E-state index < -0.39 is 0 Å². The summed E-state index contributed by atoms with van der Waals surface area (Å²) in [5, 5.41) is 10.4. The Kier molecular flexibility index (Phi) is 3.31. The van der Waals surface area contributed by atoms with Gasteiger partial charge in [-0.15, -0.1) is 0 Å². The van der Waals surface area contributed by atoms with Gasteiger partial charge in [0.25, 0.3) is 5.56 Å². The van der Waals surface area contributed by atoms with Gasteiger partial charge in [0.15, 0.2) is 0 Å². The average Bonchev–Trinajstić information content (AvgIpc) is 2.49. The van der Waals surface area contributed by atoms with Gasteiger partial charge < -0.3 is 14.8 Å². The summed E-state index contributed by atoms with van der Waals surface area (Å²) < 4.78 is 5.19. The molecule has 5 heteroatoms. The number of ether oxygens (including phenoxy) is 1. The number of hydrogen-bond acceptors (Lipinski definition) is 4. The van der Waals surface area contributed by atoms with Crippen LogP contribution in [0.3, 0.4) is 0 Å². The molecule has 21 heavy (non-hydrogen) atoms. The van der Waals surface area contributed by atoms with Crippen LogP contribution in [-0.2, 0) is 6.42 Å². The molecule has 0 bridgehead atoms. The number of aromatic amines is 1. The van der Waals surface area contributed by atoms with E-state index in [0.717, 1.165) is 16.9 Å². The van der Waals surface area contributed by atoms with Crippen LogP contribution in [0.1, 0.15) is 11.1 Å². The molecule has 0 amide bonds. The molecule has 2 N–H and O–H groups in total. The van der Waals surface area contributed by atoms with Crippen LogP contribution in [0.5, 0.6) is 11.5 Å². The topological polar surface area (TPSA) is 75.2 Å². The maximum atomic E-state index is 11.8. The van der Waals surface area contributed by atoms with Crippen molar-refractivity contribution in [2.75, 3.05) is 7.11 Å². The van der Waals surface area contributed by atoms with Crippen LogP contribution in [0.4, 0.5) is 0 Å². The summed E-state index contributed by atoms with van der Waals surface area (Å²) in [6.45, 7) is 0. The highest BCUT2D eigenvalue weighted by Crippen LogP contribution is 2.24. The van der Waals surface area contributed by atoms with E-state index in [2.05, 4.69) is 9.97 Å². The number of aromatic hydroxyl groups is 1. The maximum absolute atomic E-state index is 11.8. The lowest BCUT2D eigenvalue weighted by Crippen LogP contribution is -2.06. The third-order valence-electron chi connectivity index (χ3n) is 3.33. The van der Waals surface area contributed by atoms with Crippen LogP contribution in [-0.4, -0.2) is 22.2 Å². The molecule has 0 aliphatic heterocycles. The van der Waals surface area contributed by atoms with Crippen molar-refractivity contribution in [1.29, 1.82) is 0 Å². The third-order valence-corrected chi connectivity index (χ3v) is 3.33. The van der Waals surface area contributed by atoms with Crippen molar-refractivity contribution in [1.82, 2.24) is 9.97 Å². The van der Waals surface area contributed by atoms with Crippen molar-refractivity contribution >= 4 is 10.9 Å². The lowest BCUT2D eigenvalue weighted by molar-refractivity contribution is 0.414. The van der Waals surface area contributed by atoms with Gasteiger partial charge in [-0.3, -0.25) is 4.79 Å². The molecule has 1 heterocycles. The molecule has 0 radical (unpaired) electrons. The number of phenols is 1. The van der Waals surface area contributed by atoms with Crippen LogP contribution >= 0.6 is 0 Å². The highest BCUT2D eigenvalue weighted by molar-refractivity contribution is 5.84. The van der Waals surface area contributed by atoms with Gasteiger partial charge in [0.2, 0.25) is 0 Å². The minimum atomic E-state index is -0.261. The van der Waals surface area contributed by atoms with Crippen molar-refractivity contribution in [2.24, 2.45) is 0 Å². The summed E-state index contributed by atoms with van der Waals surface area (Å²) in [4.78, 5) is 18.3. The first-order valence-electron chi connectivity index (χ1n) is 6.49. The molecule has 2 aromatic carbocycles. The number of benzene rings is 2. The Morgan fingerprint density at radius 2 is 2.10 bits per heavy atom. The zero-order chi connectivity index (χ0) is 14.8. The minimum Gasteiger partial charge on any atom is -0.506 e. The predicted molar refractivity (Wildman–Crippen MR) is 79.8 cm³/mol. The maximum Gasteiger partial charge on any atom is 0.258 e. The van der Waals surface area contributed by atoms with Gasteiger partial charge in [0.05, 0.1) is 18.8 Å².